The molecule has 0 saturated carbocycles. The molecule has 0 bridgehead atoms. The quantitative estimate of drug-likeness (QED) is 0.846. The highest BCUT2D eigenvalue weighted by molar-refractivity contribution is 5.79. The normalized spacial score (nSPS) is 17.3. The first kappa shape index (κ1) is 13.9. The van der Waals surface area contributed by atoms with Crippen LogP contribution in [0.3, 0.4) is 0 Å². The summed E-state index contributed by atoms with van der Waals surface area (Å²) in [6.45, 7) is 5.22. The summed E-state index contributed by atoms with van der Waals surface area (Å²) in [7, 11) is 0. The Morgan fingerprint density at radius 2 is 2.05 bits per heavy atom. The third-order valence-corrected chi connectivity index (χ3v) is 3.48. The Kier molecular flexibility index (Phi) is 4.80. The van der Waals surface area contributed by atoms with Crippen molar-refractivity contribution in [3.8, 4) is 5.75 Å². The van der Waals surface area contributed by atoms with E-state index in [9.17, 15) is 9.90 Å². The van der Waals surface area contributed by atoms with Gasteiger partial charge in [-0.1, -0.05) is 18.2 Å². The minimum absolute atomic E-state index is 0.0341. The Morgan fingerprint density at radius 1 is 1.37 bits per heavy atom. The van der Waals surface area contributed by atoms with Crippen LogP contribution in [-0.4, -0.2) is 41.6 Å². The molecule has 4 heteroatoms. The average Bonchev–Trinajstić information content (AvgIpc) is 2.84. The van der Waals surface area contributed by atoms with E-state index in [0.717, 1.165) is 19.6 Å². The Balaban J connectivity index is 1.79. The lowest BCUT2D eigenvalue weighted by molar-refractivity contribution is -0.121. The number of hydrogen-bond donors (Lipinski definition) is 2. The summed E-state index contributed by atoms with van der Waals surface area (Å²) < 4.78 is 0. The summed E-state index contributed by atoms with van der Waals surface area (Å²) in [6, 6.07) is 7.12. The molecule has 1 unspecified atom stereocenters. The van der Waals surface area contributed by atoms with Gasteiger partial charge in [0.25, 0.3) is 0 Å². The van der Waals surface area contributed by atoms with Crippen molar-refractivity contribution < 1.29 is 9.90 Å². The van der Waals surface area contributed by atoms with Gasteiger partial charge in [0.15, 0.2) is 0 Å². The van der Waals surface area contributed by atoms with Gasteiger partial charge in [0, 0.05) is 18.2 Å². The Labute approximate surface area is 114 Å². The van der Waals surface area contributed by atoms with E-state index in [2.05, 4.69) is 10.2 Å². The molecule has 1 saturated heterocycles. The monoisotopic (exact) mass is 262 g/mol. The highest BCUT2D eigenvalue weighted by atomic mass is 16.3. The third-order valence-electron chi connectivity index (χ3n) is 3.48. The van der Waals surface area contributed by atoms with Gasteiger partial charge in [-0.05, 0) is 38.9 Å². The van der Waals surface area contributed by atoms with E-state index in [0.29, 0.717) is 5.56 Å². The molecule has 1 aliphatic rings. The number of likely N-dealkylation sites (tertiary alicyclic amines) is 1. The first-order valence-corrected chi connectivity index (χ1v) is 6.94. The molecule has 1 atom stereocenters. The first-order chi connectivity index (χ1) is 9.15. The van der Waals surface area contributed by atoms with Gasteiger partial charge in [0.05, 0.1) is 6.42 Å². The Bertz CT molecular complexity index is 428. The smallest absolute Gasteiger partial charge is 0.224 e. The van der Waals surface area contributed by atoms with Crippen molar-refractivity contribution in [2.75, 3.05) is 19.6 Å². The van der Waals surface area contributed by atoms with E-state index in [4.69, 9.17) is 0 Å². The summed E-state index contributed by atoms with van der Waals surface area (Å²) >= 11 is 0. The summed E-state index contributed by atoms with van der Waals surface area (Å²) in [5, 5.41) is 12.6. The van der Waals surface area contributed by atoms with Gasteiger partial charge < -0.3 is 15.3 Å². The number of carbonyl (C=O) groups is 1. The fourth-order valence-electron chi connectivity index (χ4n) is 2.56. The zero-order valence-corrected chi connectivity index (χ0v) is 11.4. The number of phenolic OH excluding ortho intramolecular Hbond substituents is 1. The molecule has 1 fully saturated rings. The lowest BCUT2D eigenvalue weighted by Crippen LogP contribution is -2.41. The van der Waals surface area contributed by atoms with Crippen LogP contribution in [0.2, 0.25) is 0 Å². The largest absolute Gasteiger partial charge is 0.508 e. The Hall–Kier alpha value is -1.55. The SMILES string of the molecule is CC(CN1CCCC1)NC(=O)Cc1ccccc1O. The summed E-state index contributed by atoms with van der Waals surface area (Å²) in [4.78, 5) is 14.3. The maximum Gasteiger partial charge on any atom is 0.224 e. The van der Waals surface area contributed by atoms with Gasteiger partial charge in [0.1, 0.15) is 5.75 Å². The van der Waals surface area contributed by atoms with Crippen LogP contribution in [0.25, 0.3) is 0 Å². The van der Waals surface area contributed by atoms with E-state index in [1.54, 1.807) is 18.2 Å². The van der Waals surface area contributed by atoms with E-state index >= 15 is 0 Å². The molecule has 0 aromatic heterocycles. The highest BCUT2D eigenvalue weighted by Crippen LogP contribution is 2.16. The molecule has 1 aromatic carbocycles. The molecule has 104 valence electrons. The van der Waals surface area contributed by atoms with E-state index in [-0.39, 0.29) is 24.1 Å². The van der Waals surface area contributed by atoms with Gasteiger partial charge in [-0.3, -0.25) is 4.79 Å². The van der Waals surface area contributed by atoms with Crippen molar-refractivity contribution in [3.63, 3.8) is 0 Å². The molecule has 0 aliphatic carbocycles. The lowest BCUT2D eigenvalue weighted by Gasteiger charge is -2.21. The summed E-state index contributed by atoms with van der Waals surface area (Å²) in [5.41, 5.74) is 0.674. The maximum atomic E-state index is 11.9. The number of carbonyl (C=O) groups excluding carboxylic acids is 1. The second-order valence-corrected chi connectivity index (χ2v) is 5.28. The van der Waals surface area contributed by atoms with Crippen molar-refractivity contribution in [2.45, 2.75) is 32.2 Å². The number of phenols is 1. The number of rotatable bonds is 5. The lowest BCUT2D eigenvalue weighted by atomic mass is 10.1. The molecule has 1 aromatic rings. The zero-order valence-electron chi connectivity index (χ0n) is 11.4. The molecule has 1 aliphatic heterocycles. The van der Waals surface area contributed by atoms with Gasteiger partial charge in [-0.15, -0.1) is 0 Å². The number of nitrogens with one attached hydrogen (secondary N) is 1. The van der Waals surface area contributed by atoms with E-state index in [1.165, 1.54) is 12.8 Å². The summed E-state index contributed by atoms with van der Waals surface area (Å²) in [5.74, 6) is 0.151. The highest BCUT2D eigenvalue weighted by Gasteiger charge is 2.16. The van der Waals surface area contributed by atoms with Gasteiger partial charge in [-0.2, -0.15) is 0 Å². The van der Waals surface area contributed by atoms with Gasteiger partial charge in [-0.25, -0.2) is 0 Å². The number of amides is 1. The van der Waals surface area contributed by atoms with Crippen molar-refractivity contribution >= 4 is 5.91 Å². The average molecular weight is 262 g/mol. The second-order valence-electron chi connectivity index (χ2n) is 5.28. The minimum Gasteiger partial charge on any atom is -0.508 e. The fourth-order valence-corrected chi connectivity index (χ4v) is 2.56. The molecule has 2 N–H and O–H groups in total. The van der Waals surface area contributed by atoms with Crippen LogP contribution in [0.15, 0.2) is 24.3 Å². The molecule has 2 rings (SSSR count). The topological polar surface area (TPSA) is 52.6 Å². The van der Waals surface area contributed by atoms with Crippen LogP contribution >= 0.6 is 0 Å². The standard InChI is InChI=1S/C15H22N2O2/c1-12(11-17-8-4-5-9-17)16-15(19)10-13-6-2-3-7-14(13)18/h2-3,6-7,12,18H,4-5,8-11H2,1H3,(H,16,19). The van der Waals surface area contributed by atoms with Crippen LogP contribution in [0, 0.1) is 0 Å². The van der Waals surface area contributed by atoms with Crippen molar-refractivity contribution in [3.05, 3.63) is 29.8 Å². The Morgan fingerprint density at radius 3 is 2.74 bits per heavy atom. The molecule has 0 spiro atoms. The number of hydrogen-bond acceptors (Lipinski definition) is 3. The predicted octanol–water partition coefficient (Wildman–Crippen LogP) is 1.54. The first-order valence-electron chi connectivity index (χ1n) is 6.94. The van der Waals surface area contributed by atoms with Crippen LogP contribution in [-0.2, 0) is 11.2 Å². The number of para-hydroxylation sites is 1. The maximum absolute atomic E-state index is 11.9. The minimum atomic E-state index is -0.0341. The van der Waals surface area contributed by atoms with Crippen molar-refractivity contribution in [1.82, 2.24) is 10.2 Å². The van der Waals surface area contributed by atoms with Crippen LogP contribution in [0.5, 0.6) is 5.75 Å². The molecular formula is C15H22N2O2. The number of nitrogens with zero attached hydrogens (tertiary/aromatic N) is 1. The van der Waals surface area contributed by atoms with E-state index in [1.807, 2.05) is 13.0 Å². The van der Waals surface area contributed by atoms with Gasteiger partial charge in [0.2, 0.25) is 5.91 Å². The van der Waals surface area contributed by atoms with Crippen molar-refractivity contribution in [1.29, 1.82) is 0 Å². The molecule has 0 radical (unpaired) electrons. The zero-order chi connectivity index (χ0) is 13.7. The fraction of sp³-hybridized carbons (Fsp3) is 0.533. The van der Waals surface area contributed by atoms with Crippen molar-refractivity contribution in [2.24, 2.45) is 0 Å². The second kappa shape index (κ2) is 6.57. The predicted molar refractivity (Wildman–Crippen MR) is 75.1 cm³/mol. The summed E-state index contributed by atoms with van der Waals surface area (Å²) in [6.07, 6.45) is 2.76. The molecule has 4 nitrogen and oxygen atoms in total. The van der Waals surface area contributed by atoms with Gasteiger partial charge >= 0.3 is 0 Å². The molecule has 19 heavy (non-hydrogen) atoms. The van der Waals surface area contributed by atoms with Crippen LogP contribution in [0.1, 0.15) is 25.3 Å². The number of benzene rings is 1. The van der Waals surface area contributed by atoms with Crippen LogP contribution < -0.4 is 5.32 Å². The van der Waals surface area contributed by atoms with E-state index < -0.39 is 0 Å². The molecular weight excluding hydrogens is 240 g/mol. The van der Waals surface area contributed by atoms with Crippen LogP contribution in [0.4, 0.5) is 0 Å². The number of aromatic hydroxyl groups is 1. The molecule has 1 heterocycles. The molecule has 1 amide bonds. The third kappa shape index (κ3) is 4.24.